The number of fused-ring (bicyclic) bond motifs is 1. The van der Waals surface area contributed by atoms with Crippen LogP contribution in [0.2, 0.25) is 0 Å². The number of nitrogens with one attached hydrogen (secondary N) is 1. The van der Waals surface area contributed by atoms with Gasteiger partial charge in [0.25, 0.3) is 5.56 Å². The third-order valence-corrected chi connectivity index (χ3v) is 9.46. The van der Waals surface area contributed by atoms with Crippen molar-refractivity contribution >= 4 is 5.78 Å². The van der Waals surface area contributed by atoms with E-state index in [1.54, 1.807) is 0 Å². The molecule has 0 amide bonds. The molecule has 2 aromatic carbocycles. The van der Waals surface area contributed by atoms with Crippen molar-refractivity contribution in [3.05, 3.63) is 92.6 Å². The van der Waals surface area contributed by atoms with Crippen molar-refractivity contribution in [1.29, 1.82) is 0 Å². The molecule has 0 spiro atoms. The standard InChI is InChI=1S/C34H38N6O5/c1-2-6-29-28(19-22-9-11-23(12-10-22)26-7-3-4-8-27(26)30-37-33(42)45-38-30)31(41)39(32-35-21-36-40(29)32)24-13-15-25(16-14-24)44-20-34(43)17-5-18-34/h3-4,7-12,21,24-25,43H,2,5-6,13-20H2,1H3,(H,37,38,42). The molecule has 3 heterocycles. The first-order valence-corrected chi connectivity index (χ1v) is 16.0. The van der Waals surface area contributed by atoms with Crippen LogP contribution in [-0.2, 0) is 17.6 Å². The molecule has 11 heteroatoms. The number of ether oxygens (including phenoxy) is 1. The molecule has 3 aromatic heterocycles. The van der Waals surface area contributed by atoms with Gasteiger partial charge in [-0.05, 0) is 68.1 Å². The number of nitrogens with zero attached hydrogens (tertiary/aromatic N) is 5. The Morgan fingerprint density at radius 1 is 1.04 bits per heavy atom. The highest BCUT2D eigenvalue weighted by atomic mass is 16.5. The third kappa shape index (κ3) is 5.78. The largest absolute Gasteiger partial charge is 0.439 e. The van der Waals surface area contributed by atoms with Gasteiger partial charge in [0, 0.05) is 23.6 Å². The summed E-state index contributed by atoms with van der Waals surface area (Å²) in [7, 11) is 0. The van der Waals surface area contributed by atoms with E-state index in [0.717, 1.165) is 91.3 Å². The molecule has 0 aliphatic heterocycles. The number of aromatic amines is 1. The van der Waals surface area contributed by atoms with E-state index in [9.17, 15) is 14.7 Å². The van der Waals surface area contributed by atoms with Gasteiger partial charge in [-0.1, -0.05) is 67.0 Å². The van der Waals surface area contributed by atoms with E-state index >= 15 is 0 Å². The van der Waals surface area contributed by atoms with Crippen molar-refractivity contribution in [3.8, 4) is 22.5 Å². The maximum absolute atomic E-state index is 14.3. The van der Waals surface area contributed by atoms with E-state index in [0.29, 0.717) is 24.6 Å². The number of benzene rings is 2. The molecule has 0 atom stereocenters. The zero-order valence-corrected chi connectivity index (χ0v) is 25.4. The summed E-state index contributed by atoms with van der Waals surface area (Å²) in [4.78, 5) is 33.1. The van der Waals surface area contributed by atoms with Crippen molar-refractivity contribution in [2.75, 3.05) is 6.61 Å². The molecular weight excluding hydrogens is 572 g/mol. The second-order valence-corrected chi connectivity index (χ2v) is 12.5. The van der Waals surface area contributed by atoms with Gasteiger partial charge in [0.15, 0.2) is 5.82 Å². The topological polar surface area (TPSA) is 141 Å². The molecular formula is C34H38N6O5. The summed E-state index contributed by atoms with van der Waals surface area (Å²) in [5.41, 5.74) is 4.64. The lowest BCUT2D eigenvalue weighted by Gasteiger charge is -2.38. The van der Waals surface area contributed by atoms with Crippen LogP contribution in [0.15, 0.2) is 69.0 Å². The third-order valence-electron chi connectivity index (χ3n) is 9.46. The Kier molecular flexibility index (Phi) is 7.97. The average molecular weight is 611 g/mol. The Bertz CT molecular complexity index is 1910. The molecule has 2 N–H and O–H groups in total. The summed E-state index contributed by atoms with van der Waals surface area (Å²) in [5.74, 6) is 0.373. The zero-order chi connectivity index (χ0) is 31.0. The van der Waals surface area contributed by atoms with Crippen LogP contribution in [0.5, 0.6) is 0 Å². The predicted octanol–water partition coefficient (Wildman–Crippen LogP) is 4.86. The first kappa shape index (κ1) is 29.4. The molecule has 2 aliphatic rings. The van der Waals surface area contributed by atoms with Crippen LogP contribution < -0.4 is 11.3 Å². The molecule has 7 rings (SSSR count). The van der Waals surface area contributed by atoms with Gasteiger partial charge in [-0.15, -0.1) is 0 Å². The quantitative estimate of drug-likeness (QED) is 0.229. The average Bonchev–Trinajstić information content (AvgIpc) is 3.71. The number of hydrogen-bond donors (Lipinski definition) is 2. The molecule has 45 heavy (non-hydrogen) atoms. The summed E-state index contributed by atoms with van der Waals surface area (Å²) in [6, 6.07) is 15.8. The molecule has 11 nitrogen and oxygen atoms in total. The normalized spacial score (nSPS) is 19.5. The van der Waals surface area contributed by atoms with Crippen LogP contribution >= 0.6 is 0 Å². The van der Waals surface area contributed by atoms with Crippen LogP contribution in [0, 0.1) is 0 Å². The van der Waals surface area contributed by atoms with Gasteiger partial charge in [0.05, 0.1) is 24.0 Å². The van der Waals surface area contributed by atoms with Crippen molar-refractivity contribution < 1.29 is 14.4 Å². The van der Waals surface area contributed by atoms with Crippen LogP contribution in [0.4, 0.5) is 0 Å². The Morgan fingerprint density at radius 2 is 1.80 bits per heavy atom. The lowest BCUT2D eigenvalue weighted by atomic mass is 9.81. The van der Waals surface area contributed by atoms with Gasteiger partial charge in [-0.3, -0.25) is 18.9 Å². The number of rotatable bonds is 10. The van der Waals surface area contributed by atoms with Crippen LogP contribution in [0.1, 0.15) is 81.2 Å². The highest BCUT2D eigenvalue weighted by Crippen LogP contribution is 2.35. The van der Waals surface area contributed by atoms with Gasteiger partial charge in [-0.25, -0.2) is 9.31 Å². The van der Waals surface area contributed by atoms with Crippen molar-refractivity contribution in [2.24, 2.45) is 0 Å². The first-order valence-electron chi connectivity index (χ1n) is 16.0. The molecule has 234 valence electrons. The first-order chi connectivity index (χ1) is 21.9. The Balaban J connectivity index is 1.16. The second kappa shape index (κ2) is 12.2. The molecule has 5 aromatic rings. The monoisotopic (exact) mass is 610 g/mol. The second-order valence-electron chi connectivity index (χ2n) is 12.5. The van der Waals surface area contributed by atoms with Crippen LogP contribution in [-0.4, -0.2) is 52.7 Å². The van der Waals surface area contributed by atoms with Gasteiger partial charge >= 0.3 is 5.76 Å². The fraction of sp³-hybridized carbons (Fsp3) is 0.441. The van der Waals surface area contributed by atoms with Gasteiger partial charge in [0.2, 0.25) is 5.78 Å². The van der Waals surface area contributed by atoms with E-state index in [2.05, 4.69) is 27.1 Å². The molecule has 0 saturated heterocycles. The molecule has 2 fully saturated rings. The Labute approximate surface area is 259 Å². The summed E-state index contributed by atoms with van der Waals surface area (Å²) >= 11 is 0. The Hall–Kier alpha value is -4.35. The van der Waals surface area contributed by atoms with E-state index in [4.69, 9.17) is 9.26 Å². The lowest BCUT2D eigenvalue weighted by Crippen LogP contribution is -2.43. The smallest absolute Gasteiger partial charge is 0.387 e. The molecule has 0 unspecified atom stereocenters. The maximum atomic E-state index is 14.3. The van der Waals surface area contributed by atoms with E-state index in [-0.39, 0.29) is 17.7 Å². The zero-order valence-electron chi connectivity index (χ0n) is 25.4. The van der Waals surface area contributed by atoms with E-state index < -0.39 is 11.4 Å². The van der Waals surface area contributed by atoms with Gasteiger partial charge in [0.1, 0.15) is 6.33 Å². The van der Waals surface area contributed by atoms with Gasteiger partial charge < -0.3 is 9.84 Å². The highest BCUT2D eigenvalue weighted by molar-refractivity contribution is 5.80. The fourth-order valence-electron chi connectivity index (χ4n) is 6.84. The minimum absolute atomic E-state index is 0.00324. The summed E-state index contributed by atoms with van der Waals surface area (Å²) in [5, 5.41) is 18.9. The minimum Gasteiger partial charge on any atom is -0.387 e. The Morgan fingerprint density at radius 3 is 2.47 bits per heavy atom. The number of aliphatic hydroxyl groups is 1. The fourth-order valence-corrected chi connectivity index (χ4v) is 6.84. The summed E-state index contributed by atoms with van der Waals surface area (Å²) in [6.45, 7) is 2.50. The molecule has 2 saturated carbocycles. The van der Waals surface area contributed by atoms with Crippen LogP contribution in [0.25, 0.3) is 28.3 Å². The maximum Gasteiger partial charge on any atom is 0.439 e. The SMILES string of the molecule is CCCc1c(Cc2ccc(-c3ccccc3-c3noc(=O)[nH]3)cc2)c(=O)n(C2CCC(OCC3(O)CCC3)CC2)c2ncnn12. The minimum atomic E-state index is -0.648. The molecule has 2 aliphatic carbocycles. The summed E-state index contributed by atoms with van der Waals surface area (Å²) in [6.07, 6.45) is 9.69. The summed E-state index contributed by atoms with van der Waals surface area (Å²) < 4.78 is 14.6. The number of H-pyrrole nitrogens is 1. The lowest BCUT2D eigenvalue weighted by molar-refractivity contribution is -0.120. The predicted molar refractivity (Wildman–Crippen MR) is 168 cm³/mol. The number of aromatic nitrogens is 6. The molecule has 0 bridgehead atoms. The van der Waals surface area contributed by atoms with Crippen molar-refractivity contribution in [3.63, 3.8) is 0 Å². The number of hydrogen-bond acceptors (Lipinski definition) is 8. The number of aryl methyl sites for hydroxylation is 1. The van der Waals surface area contributed by atoms with Gasteiger partial charge in [-0.2, -0.15) is 10.1 Å². The molecule has 0 radical (unpaired) electrons. The van der Waals surface area contributed by atoms with E-state index in [1.165, 1.54) is 6.33 Å². The highest BCUT2D eigenvalue weighted by Gasteiger charge is 2.36. The van der Waals surface area contributed by atoms with Crippen LogP contribution in [0.3, 0.4) is 0 Å². The van der Waals surface area contributed by atoms with Crippen molar-refractivity contribution in [1.82, 2.24) is 29.3 Å². The van der Waals surface area contributed by atoms with E-state index in [1.807, 2.05) is 57.6 Å². The van der Waals surface area contributed by atoms with Crippen molar-refractivity contribution in [2.45, 2.75) is 88.9 Å².